The highest BCUT2D eigenvalue weighted by atomic mass is 32.2. The summed E-state index contributed by atoms with van der Waals surface area (Å²) in [5.41, 5.74) is 5.47. The maximum absolute atomic E-state index is 12.9. The van der Waals surface area contributed by atoms with Gasteiger partial charge in [-0.15, -0.1) is 14.6 Å². The molecule has 0 unspecified atom stereocenters. The molecule has 0 saturated heterocycles. The molecule has 3 aromatic carbocycles. The van der Waals surface area contributed by atoms with Crippen LogP contribution in [0.4, 0.5) is 40.6 Å². The zero-order valence-electron chi connectivity index (χ0n) is 24.8. The molecule has 21 nitrogen and oxygen atoms in total. The molecule has 0 bridgehead atoms. The van der Waals surface area contributed by atoms with Crippen molar-refractivity contribution in [2.24, 2.45) is 10.2 Å². The zero-order valence-corrected chi connectivity index (χ0v) is 27.2. The van der Waals surface area contributed by atoms with Gasteiger partial charge in [0.25, 0.3) is 0 Å². The van der Waals surface area contributed by atoms with E-state index < -0.39 is 42.3 Å². The van der Waals surface area contributed by atoms with Gasteiger partial charge in [0.05, 0.1) is 51.7 Å². The number of benzene rings is 3. The van der Waals surface area contributed by atoms with Crippen molar-refractivity contribution >= 4 is 83.6 Å². The first-order valence-electron chi connectivity index (χ1n) is 13.6. The molecule has 1 heterocycles. The SMILES string of the molecule is Nc1ccc2cc(SOOO)cc([O-])c2c1N=Nc1ccc(Nc2nc(NCCS(=O)(=O)[O-])nc(N(CCO)CCO)n2)cc1S(=O)(=O)[O-]. The molecule has 0 aliphatic rings. The maximum atomic E-state index is 12.9. The van der Waals surface area contributed by atoms with Gasteiger partial charge in [0.1, 0.15) is 21.5 Å². The van der Waals surface area contributed by atoms with E-state index in [2.05, 4.69) is 45.2 Å². The lowest BCUT2D eigenvalue weighted by Gasteiger charge is -2.21. The van der Waals surface area contributed by atoms with E-state index in [9.17, 15) is 41.3 Å². The predicted octanol–water partition coefficient (Wildman–Crippen LogP) is 0.920. The predicted molar refractivity (Wildman–Crippen MR) is 170 cm³/mol. The van der Waals surface area contributed by atoms with Gasteiger partial charge in [-0.25, -0.2) is 22.1 Å². The Bertz CT molecular complexity index is 2050. The Morgan fingerprint density at radius 2 is 1.67 bits per heavy atom. The summed E-state index contributed by atoms with van der Waals surface area (Å²) in [4.78, 5) is 13.2. The van der Waals surface area contributed by atoms with Gasteiger partial charge in [-0.2, -0.15) is 15.0 Å². The fourth-order valence-electron chi connectivity index (χ4n) is 4.20. The van der Waals surface area contributed by atoms with Crippen molar-refractivity contribution in [3.63, 3.8) is 0 Å². The lowest BCUT2D eigenvalue weighted by atomic mass is 10.1. The molecule has 0 spiro atoms. The minimum atomic E-state index is -5.20. The Hall–Kier alpha value is -4.50. The van der Waals surface area contributed by atoms with Crippen LogP contribution in [0.25, 0.3) is 10.8 Å². The van der Waals surface area contributed by atoms with Gasteiger partial charge >= 0.3 is 0 Å². The molecule has 1 aromatic heterocycles. The number of azo groups is 1. The first-order valence-corrected chi connectivity index (χ1v) is 17.3. The van der Waals surface area contributed by atoms with Gasteiger partial charge < -0.3 is 45.7 Å². The van der Waals surface area contributed by atoms with Crippen molar-refractivity contribution in [1.29, 1.82) is 0 Å². The Morgan fingerprint density at radius 1 is 0.959 bits per heavy atom. The number of aromatic nitrogens is 3. The van der Waals surface area contributed by atoms with Crippen molar-refractivity contribution in [1.82, 2.24) is 15.0 Å². The normalized spacial score (nSPS) is 12.1. The van der Waals surface area contributed by atoms with Crippen LogP contribution in [-0.4, -0.2) is 95.0 Å². The third kappa shape index (κ3) is 10.2. The second-order valence-electron chi connectivity index (χ2n) is 9.62. The first-order chi connectivity index (χ1) is 23.2. The molecular formula is C25H26N9O12S3-3. The summed E-state index contributed by atoms with van der Waals surface area (Å²) in [5, 5.41) is 57.2. The van der Waals surface area contributed by atoms with E-state index in [-0.39, 0.29) is 78.0 Å². The van der Waals surface area contributed by atoms with E-state index in [1.165, 1.54) is 29.2 Å². The monoisotopic (exact) mass is 740 g/mol. The molecule has 4 rings (SSSR count). The molecule has 0 amide bonds. The van der Waals surface area contributed by atoms with Crippen LogP contribution in [0, 0.1) is 0 Å². The summed E-state index contributed by atoms with van der Waals surface area (Å²) >= 11 is 0.551. The lowest BCUT2D eigenvalue weighted by molar-refractivity contribution is -0.432. The van der Waals surface area contributed by atoms with E-state index in [0.717, 1.165) is 18.2 Å². The smallest absolute Gasteiger partial charge is 0.233 e. The average molecular weight is 741 g/mol. The van der Waals surface area contributed by atoms with Gasteiger partial charge in [0.15, 0.2) is 0 Å². The van der Waals surface area contributed by atoms with Gasteiger partial charge in [-0.1, -0.05) is 22.9 Å². The number of aliphatic hydroxyl groups excluding tert-OH is 2. The van der Waals surface area contributed by atoms with Crippen molar-refractivity contribution < 1.29 is 55.9 Å². The number of rotatable bonds is 17. The summed E-state index contributed by atoms with van der Waals surface area (Å²) in [6, 6.07) is 8.90. The van der Waals surface area contributed by atoms with Gasteiger partial charge in [0, 0.05) is 35.6 Å². The van der Waals surface area contributed by atoms with Crippen molar-refractivity contribution in [2.45, 2.75) is 9.79 Å². The van der Waals surface area contributed by atoms with Crippen LogP contribution in [0.1, 0.15) is 0 Å². The minimum absolute atomic E-state index is 0.00727. The molecule has 49 heavy (non-hydrogen) atoms. The fourth-order valence-corrected chi connectivity index (χ4v) is 5.63. The summed E-state index contributed by atoms with van der Waals surface area (Å²) in [5.74, 6) is -1.94. The third-order valence-electron chi connectivity index (χ3n) is 6.24. The molecule has 264 valence electrons. The molecule has 0 atom stereocenters. The molecule has 4 aromatic rings. The second kappa shape index (κ2) is 16.3. The number of hydrogen-bond acceptors (Lipinski definition) is 22. The summed E-state index contributed by atoms with van der Waals surface area (Å²) in [6.45, 7) is -1.16. The summed E-state index contributed by atoms with van der Waals surface area (Å²) in [6.07, 6.45) is 0. The number of fused-ring (bicyclic) bond motifs is 1. The summed E-state index contributed by atoms with van der Waals surface area (Å²) < 4.78 is 74.3. The Balaban J connectivity index is 1.71. The van der Waals surface area contributed by atoms with Crippen LogP contribution in [0.15, 0.2) is 62.5 Å². The molecule has 0 aliphatic heterocycles. The molecule has 0 aliphatic carbocycles. The molecule has 0 radical (unpaired) electrons. The topological polar surface area (TPSA) is 333 Å². The largest absolute Gasteiger partial charge is 0.872 e. The highest BCUT2D eigenvalue weighted by molar-refractivity contribution is 7.94. The average Bonchev–Trinajstić information content (AvgIpc) is 3.02. The minimum Gasteiger partial charge on any atom is -0.872 e. The van der Waals surface area contributed by atoms with E-state index in [0.29, 0.717) is 17.4 Å². The second-order valence-corrected chi connectivity index (χ2v) is 13.3. The van der Waals surface area contributed by atoms with E-state index in [4.69, 9.17) is 11.0 Å². The highest BCUT2D eigenvalue weighted by Crippen LogP contribution is 2.41. The van der Waals surface area contributed by atoms with Crippen LogP contribution in [0.3, 0.4) is 0 Å². The molecule has 0 fully saturated rings. The number of nitrogen functional groups attached to an aromatic ring is 1. The number of anilines is 5. The fraction of sp³-hybridized carbons (Fsp3) is 0.240. The number of nitrogens with two attached hydrogens (primary N) is 1. The molecule has 7 N–H and O–H groups in total. The Kier molecular flexibility index (Phi) is 12.4. The Labute approximate surface area is 282 Å². The Morgan fingerprint density at radius 3 is 2.33 bits per heavy atom. The van der Waals surface area contributed by atoms with Crippen LogP contribution in [0.5, 0.6) is 5.75 Å². The van der Waals surface area contributed by atoms with Crippen molar-refractivity contribution in [3.05, 3.63) is 42.5 Å². The third-order valence-corrected chi connectivity index (χ3v) is 8.37. The number of nitrogens with zero attached hydrogens (tertiary/aromatic N) is 6. The standard InChI is InChI=1S/C25H29N9O12S3/c26-17-3-1-14-11-16(47-46-45-38)13-19(37)21(14)22(17)33-32-18-4-2-15(12-20(18)49(42,43)44)28-24-29-23(27-5-10-48(39,40)41)30-25(31-24)34(6-8-35)7-9-36/h1-4,11-13,35-38H,5-10,26H2,(H,39,40,41)(H,42,43,44)(H2,27,28,29,30,31)/p-3. The first kappa shape index (κ1) is 37.3. The van der Waals surface area contributed by atoms with Crippen molar-refractivity contribution in [3.8, 4) is 5.75 Å². The van der Waals surface area contributed by atoms with Crippen LogP contribution >= 0.6 is 12.0 Å². The molecule has 0 saturated carbocycles. The molecule has 24 heteroatoms. The molecular weight excluding hydrogens is 715 g/mol. The lowest BCUT2D eigenvalue weighted by Crippen LogP contribution is -2.32. The van der Waals surface area contributed by atoms with E-state index in [1.807, 2.05) is 0 Å². The summed E-state index contributed by atoms with van der Waals surface area (Å²) in [7, 11) is -9.78. The number of hydrogen-bond donors (Lipinski definition) is 6. The number of nitrogens with one attached hydrogen (secondary N) is 2. The van der Waals surface area contributed by atoms with Crippen LogP contribution in [-0.2, 0) is 29.6 Å². The van der Waals surface area contributed by atoms with Gasteiger partial charge in [0.2, 0.25) is 17.8 Å². The zero-order chi connectivity index (χ0) is 35.8. The van der Waals surface area contributed by atoms with Gasteiger partial charge in [-0.3, -0.25) is 0 Å². The quantitative estimate of drug-likeness (QED) is 0.0219. The van der Waals surface area contributed by atoms with Crippen LogP contribution < -0.4 is 26.4 Å². The van der Waals surface area contributed by atoms with Crippen molar-refractivity contribution in [2.75, 3.05) is 59.9 Å². The highest BCUT2D eigenvalue weighted by Gasteiger charge is 2.16. The van der Waals surface area contributed by atoms with Gasteiger partial charge in [-0.05, 0) is 35.7 Å². The number of aliphatic hydroxyl groups is 2. The van der Waals surface area contributed by atoms with E-state index >= 15 is 0 Å². The maximum Gasteiger partial charge on any atom is 0.233 e. The van der Waals surface area contributed by atoms with Crippen LogP contribution in [0.2, 0.25) is 0 Å². The van der Waals surface area contributed by atoms with E-state index in [1.54, 1.807) is 0 Å².